The van der Waals surface area contributed by atoms with E-state index in [4.69, 9.17) is 4.74 Å². The van der Waals surface area contributed by atoms with Gasteiger partial charge in [0.2, 0.25) is 0 Å². The van der Waals surface area contributed by atoms with Gasteiger partial charge in [-0.05, 0) is 44.0 Å². The third-order valence-corrected chi connectivity index (χ3v) is 2.64. The highest BCUT2D eigenvalue weighted by Gasteiger charge is 2.03. The maximum atomic E-state index is 5.89. The van der Waals surface area contributed by atoms with E-state index in [0.29, 0.717) is 0 Å². The van der Waals surface area contributed by atoms with Crippen molar-refractivity contribution in [2.24, 2.45) is 0 Å². The van der Waals surface area contributed by atoms with Crippen molar-refractivity contribution in [2.75, 3.05) is 0 Å². The van der Waals surface area contributed by atoms with Crippen LogP contribution in [0.1, 0.15) is 16.7 Å². The Morgan fingerprint density at radius 3 is 2.12 bits per heavy atom. The summed E-state index contributed by atoms with van der Waals surface area (Å²) in [5.74, 6) is 1.86. The summed E-state index contributed by atoms with van der Waals surface area (Å²) in [6.45, 7) is 6.21. The minimum atomic E-state index is 0.925. The first-order chi connectivity index (χ1) is 7.66. The lowest BCUT2D eigenvalue weighted by Gasteiger charge is -2.11. The molecule has 0 fully saturated rings. The Balaban J connectivity index is 2.31. The van der Waals surface area contributed by atoms with Crippen molar-refractivity contribution in [3.05, 3.63) is 59.2 Å². The van der Waals surface area contributed by atoms with Gasteiger partial charge in [0.15, 0.2) is 0 Å². The van der Waals surface area contributed by atoms with Crippen LogP contribution in [0.15, 0.2) is 42.5 Å². The number of ether oxygens (including phenoxy) is 1. The number of para-hydroxylation sites is 1. The van der Waals surface area contributed by atoms with E-state index in [9.17, 15) is 0 Å². The summed E-state index contributed by atoms with van der Waals surface area (Å²) in [7, 11) is 0. The van der Waals surface area contributed by atoms with Gasteiger partial charge in [0.05, 0.1) is 0 Å². The largest absolute Gasteiger partial charge is 0.457 e. The van der Waals surface area contributed by atoms with Gasteiger partial charge in [-0.25, -0.2) is 0 Å². The molecule has 0 aliphatic rings. The maximum absolute atomic E-state index is 5.89. The molecule has 0 saturated heterocycles. The summed E-state index contributed by atoms with van der Waals surface area (Å²) < 4.78 is 5.89. The second kappa shape index (κ2) is 4.40. The van der Waals surface area contributed by atoms with Gasteiger partial charge < -0.3 is 4.74 Å². The molecule has 0 amide bonds. The molecule has 0 bridgehead atoms. The van der Waals surface area contributed by atoms with Crippen LogP contribution in [0.25, 0.3) is 0 Å². The van der Waals surface area contributed by atoms with Crippen molar-refractivity contribution in [1.29, 1.82) is 0 Å². The van der Waals surface area contributed by atoms with E-state index in [-0.39, 0.29) is 0 Å². The van der Waals surface area contributed by atoms with Crippen molar-refractivity contribution in [3.8, 4) is 11.5 Å². The van der Waals surface area contributed by atoms with Crippen molar-refractivity contribution >= 4 is 0 Å². The molecule has 0 heterocycles. The molecule has 0 aliphatic heterocycles. The summed E-state index contributed by atoms with van der Waals surface area (Å²) in [6, 6.07) is 14.3. The predicted molar refractivity (Wildman–Crippen MR) is 67.2 cm³/mol. The molecule has 2 aromatic rings. The first-order valence-electron chi connectivity index (χ1n) is 5.47. The lowest BCUT2D eigenvalue weighted by Crippen LogP contribution is -1.90. The molecule has 1 nitrogen and oxygen atoms in total. The lowest BCUT2D eigenvalue weighted by molar-refractivity contribution is 0.475. The van der Waals surface area contributed by atoms with Gasteiger partial charge in [-0.1, -0.05) is 35.9 Å². The average Bonchev–Trinajstić information content (AvgIpc) is 2.25. The van der Waals surface area contributed by atoms with Gasteiger partial charge in [0.25, 0.3) is 0 Å². The Bertz CT molecular complexity index is 501. The van der Waals surface area contributed by atoms with Crippen LogP contribution in [0.5, 0.6) is 11.5 Å². The number of hydrogen-bond acceptors (Lipinski definition) is 1. The fraction of sp³-hybridized carbons (Fsp3) is 0.200. The van der Waals surface area contributed by atoms with Crippen LogP contribution >= 0.6 is 0 Å². The van der Waals surface area contributed by atoms with E-state index < -0.39 is 0 Å². The Kier molecular flexibility index (Phi) is 2.95. The van der Waals surface area contributed by atoms with Gasteiger partial charge in [-0.15, -0.1) is 0 Å². The molecule has 0 spiro atoms. The zero-order chi connectivity index (χ0) is 11.5. The molecule has 0 saturated carbocycles. The molecule has 0 atom stereocenters. The fourth-order valence-corrected chi connectivity index (χ4v) is 1.70. The van der Waals surface area contributed by atoms with Crippen LogP contribution in [0.2, 0.25) is 0 Å². The van der Waals surface area contributed by atoms with Crippen LogP contribution in [0.4, 0.5) is 0 Å². The van der Waals surface area contributed by atoms with E-state index in [1.54, 1.807) is 0 Å². The zero-order valence-corrected chi connectivity index (χ0v) is 9.95. The monoisotopic (exact) mass is 212 g/mol. The minimum absolute atomic E-state index is 0.925. The van der Waals surface area contributed by atoms with E-state index in [1.165, 1.54) is 11.1 Å². The topological polar surface area (TPSA) is 9.23 Å². The lowest BCUT2D eigenvalue weighted by atomic mass is 10.1. The van der Waals surface area contributed by atoms with E-state index in [0.717, 1.165) is 17.1 Å². The summed E-state index contributed by atoms with van der Waals surface area (Å²) in [4.78, 5) is 0. The van der Waals surface area contributed by atoms with Gasteiger partial charge in [-0.2, -0.15) is 0 Å². The van der Waals surface area contributed by atoms with Crippen molar-refractivity contribution < 1.29 is 4.74 Å². The highest BCUT2D eigenvalue weighted by Crippen LogP contribution is 2.27. The number of aryl methyl sites for hydroxylation is 3. The molecule has 0 radical (unpaired) electrons. The smallest absolute Gasteiger partial charge is 0.130 e. The molecule has 82 valence electrons. The van der Waals surface area contributed by atoms with Crippen molar-refractivity contribution in [1.82, 2.24) is 0 Å². The molecular weight excluding hydrogens is 196 g/mol. The highest BCUT2D eigenvalue weighted by molar-refractivity contribution is 5.41. The van der Waals surface area contributed by atoms with Crippen LogP contribution in [-0.2, 0) is 0 Å². The summed E-state index contributed by atoms with van der Waals surface area (Å²) in [6.07, 6.45) is 0. The molecule has 16 heavy (non-hydrogen) atoms. The standard InChI is InChI=1S/C15H16O/c1-11-8-9-15(13(3)10-11)16-14-7-5-4-6-12(14)2/h4-10H,1-3H3. The van der Waals surface area contributed by atoms with Crippen LogP contribution in [0.3, 0.4) is 0 Å². The Morgan fingerprint density at radius 1 is 0.750 bits per heavy atom. The van der Waals surface area contributed by atoms with Gasteiger partial charge in [0.1, 0.15) is 11.5 Å². The Labute approximate surface area is 96.7 Å². The summed E-state index contributed by atoms with van der Waals surface area (Å²) in [5, 5.41) is 0. The van der Waals surface area contributed by atoms with E-state index >= 15 is 0 Å². The predicted octanol–water partition coefficient (Wildman–Crippen LogP) is 4.40. The second-order valence-electron chi connectivity index (χ2n) is 4.14. The zero-order valence-electron chi connectivity index (χ0n) is 9.95. The number of rotatable bonds is 2. The normalized spacial score (nSPS) is 10.2. The van der Waals surface area contributed by atoms with Crippen molar-refractivity contribution in [3.63, 3.8) is 0 Å². The quantitative estimate of drug-likeness (QED) is 0.716. The Morgan fingerprint density at radius 2 is 1.44 bits per heavy atom. The number of hydrogen-bond donors (Lipinski definition) is 0. The van der Waals surface area contributed by atoms with Crippen molar-refractivity contribution in [2.45, 2.75) is 20.8 Å². The molecule has 0 unspecified atom stereocenters. The van der Waals surface area contributed by atoms with E-state index in [2.05, 4.69) is 39.0 Å². The SMILES string of the molecule is Cc1ccc(Oc2ccccc2C)c(C)c1. The van der Waals surface area contributed by atoms with Gasteiger partial charge in [0, 0.05) is 0 Å². The number of benzene rings is 2. The Hall–Kier alpha value is -1.76. The van der Waals surface area contributed by atoms with Gasteiger partial charge >= 0.3 is 0 Å². The third kappa shape index (κ3) is 2.25. The molecule has 2 rings (SSSR count). The van der Waals surface area contributed by atoms with Crippen LogP contribution in [0, 0.1) is 20.8 Å². The molecule has 1 heteroatoms. The average molecular weight is 212 g/mol. The van der Waals surface area contributed by atoms with E-state index in [1.807, 2.05) is 24.3 Å². The summed E-state index contributed by atoms with van der Waals surface area (Å²) >= 11 is 0. The molecule has 2 aromatic carbocycles. The first kappa shape index (κ1) is 10.7. The second-order valence-corrected chi connectivity index (χ2v) is 4.14. The highest BCUT2D eigenvalue weighted by atomic mass is 16.5. The third-order valence-electron chi connectivity index (χ3n) is 2.64. The van der Waals surface area contributed by atoms with Crippen LogP contribution < -0.4 is 4.74 Å². The van der Waals surface area contributed by atoms with Gasteiger partial charge in [-0.3, -0.25) is 0 Å². The fourth-order valence-electron chi connectivity index (χ4n) is 1.70. The molecule has 0 aromatic heterocycles. The maximum Gasteiger partial charge on any atom is 0.130 e. The first-order valence-corrected chi connectivity index (χ1v) is 5.47. The molecular formula is C15H16O. The van der Waals surface area contributed by atoms with Crippen LogP contribution in [-0.4, -0.2) is 0 Å². The molecule has 0 N–H and O–H groups in total. The minimum Gasteiger partial charge on any atom is -0.457 e. The molecule has 0 aliphatic carbocycles. The summed E-state index contributed by atoms with van der Waals surface area (Å²) in [5.41, 5.74) is 3.58.